The molecule has 1 aliphatic rings. The van der Waals surface area contributed by atoms with Crippen LogP contribution in [-0.2, 0) is 4.74 Å². The molecular formula is C10H15ClN4O. The number of halogens is 1. The molecule has 16 heavy (non-hydrogen) atoms. The first-order valence-corrected chi connectivity index (χ1v) is 5.65. The molecule has 1 aromatic heterocycles. The van der Waals surface area contributed by atoms with Crippen LogP contribution in [0.3, 0.4) is 0 Å². The van der Waals surface area contributed by atoms with Crippen LogP contribution in [0.2, 0.25) is 5.02 Å². The predicted molar refractivity (Wildman–Crippen MR) is 62.9 cm³/mol. The molecule has 0 saturated carbocycles. The third-order valence-corrected chi connectivity index (χ3v) is 2.78. The average molecular weight is 243 g/mol. The Morgan fingerprint density at radius 3 is 3.31 bits per heavy atom. The lowest BCUT2D eigenvalue weighted by atomic mass is 10.2. The van der Waals surface area contributed by atoms with Crippen molar-refractivity contribution in [3.63, 3.8) is 0 Å². The largest absolute Gasteiger partial charge is 0.373 e. The molecule has 6 heteroatoms. The van der Waals surface area contributed by atoms with Gasteiger partial charge in [-0.25, -0.2) is 9.97 Å². The van der Waals surface area contributed by atoms with Gasteiger partial charge >= 0.3 is 0 Å². The highest BCUT2D eigenvalue weighted by Crippen LogP contribution is 2.22. The molecular weight excluding hydrogens is 228 g/mol. The smallest absolute Gasteiger partial charge is 0.150 e. The Balaban J connectivity index is 2.07. The highest BCUT2D eigenvalue weighted by atomic mass is 35.5. The average Bonchev–Trinajstić information content (AvgIpc) is 2.30. The standard InChI is InChI=1S/C10H15ClN4O/c1-12-4-8-6-15(2-3-16-8)10-9(11)5-13-7-14-10/h5,7-8,12H,2-4,6H2,1H3. The summed E-state index contributed by atoms with van der Waals surface area (Å²) in [5.41, 5.74) is 0. The molecule has 1 N–H and O–H groups in total. The van der Waals surface area contributed by atoms with E-state index in [1.54, 1.807) is 6.20 Å². The fraction of sp³-hybridized carbons (Fsp3) is 0.600. The summed E-state index contributed by atoms with van der Waals surface area (Å²) >= 11 is 6.06. The second-order valence-electron chi connectivity index (χ2n) is 3.69. The van der Waals surface area contributed by atoms with E-state index in [1.165, 1.54) is 6.33 Å². The maximum absolute atomic E-state index is 6.06. The predicted octanol–water partition coefficient (Wildman–Crippen LogP) is 0.555. The highest BCUT2D eigenvalue weighted by molar-refractivity contribution is 6.32. The van der Waals surface area contributed by atoms with Gasteiger partial charge in [-0.3, -0.25) is 0 Å². The Labute approximate surface area is 99.8 Å². The van der Waals surface area contributed by atoms with E-state index < -0.39 is 0 Å². The zero-order valence-electron chi connectivity index (χ0n) is 9.19. The lowest BCUT2D eigenvalue weighted by Crippen LogP contribution is -2.46. The third-order valence-electron chi connectivity index (χ3n) is 2.52. The van der Waals surface area contributed by atoms with Gasteiger partial charge in [-0.05, 0) is 7.05 Å². The van der Waals surface area contributed by atoms with E-state index in [4.69, 9.17) is 16.3 Å². The van der Waals surface area contributed by atoms with Crippen molar-refractivity contribution in [1.82, 2.24) is 15.3 Å². The van der Waals surface area contributed by atoms with E-state index in [0.717, 1.165) is 25.5 Å². The van der Waals surface area contributed by atoms with Crippen molar-refractivity contribution in [2.75, 3.05) is 38.2 Å². The number of aromatic nitrogens is 2. The second-order valence-corrected chi connectivity index (χ2v) is 4.10. The molecule has 1 aliphatic heterocycles. The molecule has 0 radical (unpaired) electrons. The molecule has 0 aliphatic carbocycles. The van der Waals surface area contributed by atoms with Gasteiger partial charge in [-0.2, -0.15) is 0 Å². The maximum Gasteiger partial charge on any atom is 0.150 e. The molecule has 2 heterocycles. The first-order chi connectivity index (χ1) is 7.81. The van der Waals surface area contributed by atoms with Gasteiger partial charge in [0.05, 0.1) is 18.9 Å². The van der Waals surface area contributed by atoms with Crippen molar-refractivity contribution < 1.29 is 4.74 Å². The number of nitrogens with one attached hydrogen (secondary N) is 1. The topological polar surface area (TPSA) is 50.3 Å². The molecule has 2 rings (SSSR count). The first kappa shape index (κ1) is 11.6. The van der Waals surface area contributed by atoms with E-state index in [0.29, 0.717) is 11.6 Å². The van der Waals surface area contributed by atoms with Crippen LogP contribution < -0.4 is 10.2 Å². The van der Waals surface area contributed by atoms with Crippen molar-refractivity contribution in [3.05, 3.63) is 17.5 Å². The van der Waals surface area contributed by atoms with Gasteiger partial charge in [0.1, 0.15) is 11.3 Å². The molecule has 0 bridgehead atoms. The highest BCUT2D eigenvalue weighted by Gasteiger charge is 2.22. The molecule has 1 aromatic rings. The van der Waals surface area contributed by atoms with Crippen molar-refractivity contribution in [2.45, 2.75) is 6.10 Å². The van der Waals surface area contributed by atoms with Crippen molar-refractivity contribution >= 4 is 17.4 Å². The Bertz CT molecular complexity index is 347. The normalized spacial score (nSPS) is 21.1. The summed E-state index contributed by atoms with van der Waals surface area (Å²) < 4.78 is 5.62. The van der Waals surface area contributed by atoms with Crippen LogP contribution in [0, 0.1) is 0 Å². The lowest BCUT2D eigenvalue weighted by molar-refractivity contribution is 0.0419. The molecule has 1 saturated heterocycles. The molecule has 1 unspecified atom stereocenters. The number of hydrogen-bond donors (Lipinski definition) is 1. The van der Waals surface area contributed by atoms with E-state index in [9.17, 15) is 0 Å². The van der Waals surface area contributed by atoms with E-state index >= 15 is 0 Å². The SMILES string of the molecule is CNCC1CN(c2ncncc2Cl)CCO1. The van der Waals surface area contributed by atoms with E-state index in [1.807, 2.05) is 7.05 Å². The Hall–Kier alpha value is -0.910. The minimum Gasteiger partial charge on any atom is -0.373 e. The van der Waals surface area contributed by atoms with E-state index in [2.05, 4.69) is 20.2 Å². The molecule has 88 valence electrons. The maximum atomic E-state index is 6.06. The monoisotopic (exact) mass is 242 g/mol. The molecule has 1 fully saturated rings. The molecule has 0 aromatic carbocycles. The molecule has 1 atom stereocenters. The molecule has 0 amide bonds. The zero-order valence-corrected chi connectivity index (χ0v) is 9.94. The summed E-state index contributed by atoms with van der Waals surface area (Å²) in [6, 6.07) is 0. The zero-order chi connectivity index (χ0) is 11.4. The van der Waals surface area contributed by atoms with Crippen LogP contribution in [0.1, 0.15) is 0 Å². The summed E-state index contributed by atoms with van der Waals surface area (Å²) in [7, 11) is 1.92. The summed E-state index contributed by atoms with van der Waals surface area (Å²) in [6.07, 6.45) is 3.32. The van der Waals surface area contributed by atoms with Crippen LogP contribution in [0.25, 0.3) is 0 Å². The fourth-order valence-corrected chi connectivity index (χ4v) is 2.03. The van der Waals surface area contributed by atoms with Crippen molar-refractivity contribution in [3.8, 4) is 0 Å². The van der Waals surface area contributed by atoms with Gasteiger partial charge in [-0.1, -0.05) is 11.6 Å². The molecule has 5 nitrogen and oxygen atoms in total. The quantitative estimate of drug-likeness (QED) is 0.839. The minimum absolute atomic E-state index is 0.185. The van der Waals surface area contributed by atoms with Gasteiger partial charge in [0.2, 0.25) is 0 Å². The summed E-state index contributed by atoms with van der Waals surface area (Å²) in [5.74, 6) is 0.793. The Kier molecular flexibility index (Phi) is 3.93. The number of likely N-dealkylation sites (N-methyl/N-ethyl adjacent to an activating group) is 1. The van der Waals surface area contributed by atoms with Gasteiger partial charge in [0.15, 0.2) is 5.82 Å². The number of rotatable bonds is 3. The first-order valence-electron chi connectivity index (χ1n) is 5.28. The number of ether oxygens (including phenoxy) is 1. The van der Waals surface area contributed by atoms with Gasteiger partial charge in [0, 0.05) is 19.6 Å². The van der Waals surface area contributed by atoms with E-state index in [-0.39, 0.29) is 6.10 Å². The third kappa shape index (κ3) is 2.61. The summed E-state index contributed by atoms with van der Waals surface area (Å²) in [5, 5.41) is 3.70. The minimum atomic E-state index is 0.185. The van der Waals surface area contributed by atoms with Crippen LogP contribution in [0.4, 0.5) is 5.82 Å². The van der Waals surface area contributed by atoms with Crippen LogP contribution >= 0.6 is 11.6 Å². The lowest BCUT2D eigenvalue weighted by Gasteiger charge is -2.33. The number of morpholine rings is 1. The van der Waals surface area contributed by atoms with Gasteiger partial charge < -0.3 is 15.0 Å². The fourth-order valence-electron chi connectivity index (χ4n) is 1.80. The number of nitrogens with zero attached hydrogens (tertiary/aromatic N) is 3. The second kappa shape index (κ2) is 5.43. The van der Waals surface area contributed by atoms with Crippen LogP contribution in [0.5, 0.6) is 0 Å². The van der Waals surface area contributed by atoms with Gasteiger partial charge in [0.25, 0.3) is 0 Å². The van der Waals surface area contributed by atoms with Crippen LogP contribution in [-0.4, -0.2) is 49.4 Å². The van der Waals surface area contributed by atoms with Gasteiger partial charge in [-0.15, -0.1) is 0 Å². The number of anilines is 1. The number of hydrogen-bond acceptors (Lipinski definition) is 5. The van der Waals surface area contributed by atoms with Crippen molar-refractivity contribution in [1.29, 1.82) is 0 Å². The van der Waals surface area contributed by atoms with Crippen LogP contribution in [0.15, 0.2) is 12.5 Å². The van der Waals surface area contributed by atoms with Crippen molar-refractivity contribution in [2.24, 2.45) is 0 Å². The molecule has 0 spiro atoms. The summed E-state index contributed by atoms with van der Waals surface area (Å²) in [6.45, 7) is 3.15. The Morgan fingerprint density at radius 2 is 2.56 bits per heavy atom. The Morgan fingerprint density at radius 1 is 1.69 bits per heavy atom. The summed E-state index contributed by atoms with van der Waals surface area (Å²) in [4.78, 5) is 10.2.